The zero-order valence-corrected chi connectivity index (χ0v) is 18.9. The Kier molecular flexibility index (Phi) is 7.79. The molecule has 0 unspecified atom stereocenters. The van der Waals surface area contributed by atoms with E-state index in [-0.39, 0.29) is 29.1 Å². The van der Waals surface area contributed by atoms with Gasteiger partial charge in [0.2, 0.25) is 5.91 Å². The van der Waals surface area contributed by atoms with E-state index >= 15 is 0 Å². The highest BCUT2D eigenvalue weighted by molar-refractivity contribution is 7.92. The number of carbonyl (C=O) groups is 1. The molecule has 0 atom stereocenters. The Morgan fingerprint density at radius 3 is 2.29 bits per heavy atom. The molecule has 1 aliphatic carbocycles. The molecule has 1 N–H and O–H groups in total. The normalized spacial score (nSPS) is 15.0. The Hall–Kier alpha value is -2.74. The summed E-state index contributed by atoms with van der Waals surface area (Å²) in [5, 5.41) is 3.03. The minimum Gasteiger partial charge on any atom is -0.497 e. The molecule has 0 aliphatic heterocycles. The van der Waals surface area contributed by atoms with Gasteiger partial charge in [-0.25, -0.2) is 8.42 Å². The van der Waals surface area contributed by atoms with Crippen molar-refractivity contribution in [3.63, 3.8) is 0 Å². The molecular formula is C23H30N2O5S. The topological polar surface area (TPSA) is 84.9 Å². The summed E-state index contributed by atoms with van der Waals surface area (Å²) < 4.78 is 38.8. The van der Waals surface area contributed by atoms with Crippen molar-refractivity contribution in [2.24, 2.45) is 0 Å². The molecule has 0 aromatic heterocycles. The van der Waals surface area contributed by atoms with E-state index in [9.17, 15) is 13.2 Å². The highest BCUT2D eigenvalue weighted by Crippen LogP contribution is 2.35. The summed E-state index contributed by atoms with van der Waals surface area (Å²) in [5.74, 6) is 0.506. The lowest BCUT2D eigenvalue weighted by molar-refractivity contribution is -0.120. The van der Waals surface area contributed by atoms with Gasteiger partial charge in [0.1, 0.15) is 18.0 Å². The summed E-state index contributed by atoms with van der Waals surface area (Å²) in [7, 11) is -1.02. The molecule has 0 radical (unpaired) electrons. The van der Waals surface area contributed by atoms with E-state index in [1.165, 1.54) is 39.2 Å². The van der Waals surface area contributed by atoms with Gasteiger partial charge in [0, 0.05) is 12.1 Å². The highest BCUT2D eigenvalue weighted by Gasteiger charge is 2.30. The monoisotopic (exact) mass is 446 g/mol. The van der Waals surface area contributed by atoms with Crippen LogP contribution in [0.4, 0.5) is 5.69 Å². The maximum absolute atomic E-state index is 13.5. The van der Waals surface area contributed by atoms with Crippen LogP contribution in [0.15, 0.2) is 53.4 Å². The summed E-state index contributed by atoms with van der Waals surface area (Å²) in [6, 6.07) is 13.0. The number of methoxy groups -OCH3 is 2. The van der Waals surface area contributed by atoms with Gasteiger partial charge in [-0.1, -0.05) is 43.9 Å². The molecule has 2 aromatic carbocycles. The fraction of sp³-hybridized carbons (Fsp3) is 0.435. The molecule has 0 heterocycles. The van der Waals surface area contributed by atoms with Crippen LogP contribution in [0.1, 0.15) is 38.5 Å². The Bertz CT molecular complexity index is 971. The van der Waals surface area contributed by atoms with E-state index in [1.807, 2.05) is 0 Å². The number of sulfonamides is 1. The van der Waals surface area contributed by atoms with E-state index in [0.717, 1.165) is 30.0 Å². The highest BCUT2D eigenvalue weighted by atomic mass is 32.2. The van der Waals surface area contributed by atoms with Crippen LogP contribution in [0.2, 0.25) is 0 Å². The van der Waals surface area contributed by atoms with Crippen molar-refractivity contribution >= 4 is 21.6 Å². The second-order valence-electron chi connectivity index (χ2n) is 7.62. The van der Waals surface area contributed by atoms with Crippen molar-refractivity contribution in [1.82, 2.24) is 5.32 Å². The van der Waals surface area contributed by atoms with E-state index < -0.39 is 10.0 Å². The lowest BCUT2D eigenvalue weighted by atomic mass is 10.1. The van der Waals surface area contributed by atoms with Gasteiger partial charge in [0.25, 0.3) is 10.0 Å². The number of ether oxygens (including phenoxy) is 2. The molecule has 2 aromatic rings. The third kappa shape index (κ3) is 5.70. The predicted molar refractivity (Wildman–Crippen MR) is 120 cm³/mol. The average Bonchev–Trinajstić information content (AvgIpc) is 3.06. The number of nitrogens with zero attached hydrogens (tertiary/aromatic N) is 1. The predicted octanol–water partition coefficient (Wildman–Crippen LogP) is 3.74. The van der Waals surface area contributed by atoms with Crippen LogP contribution in [-0.4, -0.2) is 41.1 Å². The molecule has 168 valence electrons. The van der Waals surface area contributed by atoms with Crippen molar-refractivity contribution in [2.75, 3.05) is 25.1 Å². The lowest BCUT2D eigenvalue weighted by Crippen LogP contribution is -2.44. The second kappa shape index (κ2) is 10.5. The quantitative estimate of drug-likeness (QED) is 0.625. The smallest absolute Gasteiger partial charge is 0.264 e. The number of hydrogen-bond donors (Lipinski definition) is 1. The van der Waals surface area contributed by atoms with Crippen LogP contribution in [0.5, 0.6) is 11.5 Å². The molecule has 1 fully saturated rings. The van der Waals surface area contributed by atoms with Crippen LogP contribution in [0.25, 0.3) is 0 Å². The number of benzene rings is 2. The Labute approximate surface area is 184 Å². The van der Waals surface area contributed by atoms with Gasteiger partial charge in [-0.15, -0.1) is 0 Å². The van der Waals surface area contributed by atoms with Gasteiger partial charge >= 0.3 is 0 Å². The van der Waals surface area contributed by atoms with E-state index in [2.05, 4.69) is 5.32 Å². The summed E-state index contributed by atoms with van der Waals surface area (Å²) in [6.07, 6.45) is 6.33. The van der Waals surface area contributed by atoms with Gasteiger partial charge in [-0.2, -0.15) is 0 Å². The first-order valence-corrected chi connectivity index (χ1v) is 12.0. The molecule has 1 amide bonds. The molecule has 0 spiro atoms. The standard InChI is InChI=1S/C23H30N2O5S/c1-29-19-14-15-21(22(16-19)30-2)25(31(27,28)20-12-8-5-9-13-20)17-23(26)24-18-10-6-3-4-7-11-18/h5,8-9,12-16,18H,3-4,6-7,10-11,17H2,1-2H3,(H,24,26). The maximum atomic E-state index is 13.5. The molecule has 0 bridgehead atoms. The molecule has 8 heteroatoms. The molecule has 31 heavy (non-hydrogen) atoms. The molecular weight excluding hydrogens is 416 g/mol. The lowest BCUT2D eigenvalue weighted by Gasteiger charge is -2.27. The average molecular weight is 447 g/mol. The van der Waals surface area contributed by atoms with E-state index in [4.69, 9.17) is 9.47 Å². The number of carbonyl (C=O) groups excluding carboxylic acids is 1. The molecule has 0 saturated heterocycles. The van der Waals surface area contributed by atoms with Gasteiger partial charge in [-0.3, -0.25) is 9.10 Å². The largest absolute Gasteiger partial charge is 0.497 e. The van der Waals surface area contributed by atoms with E-state index in [0.29, 0.717) is 11.5 Å². The third-order valence-corrected chi connectivity index (χ3v) is 7.27. The first-order chi connectivity index (χ1) is 15.0. The number of anilines is 1. The fourth-order valence-corrected chi connectivity index (χ4v) is 5.29. The van der Waals surface area contributed by atoms with Crippen LogP contribution in [-0.2, 0) is 14.8 Å². The van der Waals surface area contributed by atoms with Gasteiger partial charge in [0.15, 0.2) is 0 Å². The molecule has 3 rings (SSSR count). The number of nitrogens with one attached hydrogen (secondary N) is 1. The summed E-state index contributed by atoms with van der Waals surface area (Å²) in [6.45, 7) is -0.337. The maximum Gasteiger partial charge on any atom is 0.264 e. The first-order valence-electron chi connectivity index (χ1n) is 10.5. The first kappa shape index (κ1) is 22.9. The SMILES string of the molecule is COc1ccc(N(CC(=O)NC2CCCCCC2)S(=O)(=O)c2ccccc2)c(OC)c1. The van der Waals surface area contributed by atoms with E-state index in [1.54, 1.807) is 36.4 Å². The van der Waals surface area contributed by atoms with Crippen molar-refractivity contribution in [2.45, 2.75) is 49.5 Å². The van der Waals surface area contributed by atoms with Gasteiger partial charge in [-0.05, 0) is 37.1 Å². The zero-order chi connectivity index (χ0) is 22.3. The Morgan fingerprint density at radius 2 is 1.68 bits per heavy atom. The van der Waals surface area contributed by atoms with Crippen molar-refractivity contribution in [3.05, 3.63) is 48.5 Å². The number of amides is 1. The van der Waals surface area contributed by atoms with Crippen molar-refractivity contribution in [1.29, 1.82) is 0 Å². The summed E-state index contributed by atoms with van der Waals surface area (Å²) in [5.41, 5.74) is 0.281. The minimum absolute atomic E-state index is 0.0778. The molecule has 1 aliphatic rings. The number of rotatable bonds is 8. The molecule has 7 nitrogen and oxygen atoms in total. The second-order valence-corrected chi connectivity index (χ2v) is 9.48. The van der Waals surface area contributed by atoms with Gasteiger partial charge < -0.3 is 14.8 Å². The van der Waals surface area contributed by atoms with Crippen LogP contribution >= 0.6 is 0 Å². The van der Waals surface area contributed by atoms with Crippen LogP contribution in [0, 0.1) is 0 Å². The van der Waals surface area contributed by atoms with Crippen molar-refractivity contribution in [3.8, 4) is 11.5 Å². The van der Waals surface area contributed by atoms with Gasteiger partial charge in [0.05, 0.1) is 24.8 Å². The fourth-order valence-electron chi connectivity index (χ4n) is 3.84. The zero-order valence-electron chi connectivity index (χ0n) is 18.0. The van der Waals surface area contributed by atoms with Crippen molar-refractivity contribution < 1.29 is 22.7 Å². The minimum atomic E-state index is -4.00. The Morgan fingerprint density at radius 1 is 1.00 bits per heavy atom. The summed E-state index contributed by atoms with van der Waals surface area (Å²) in [4.78, 5) is 13.0. The summed E-state index contributed by atoms with van der Waals surface area (Å²) >= 11 is 0. The Balaban J connectivity index is 1.94. The third-order valence-electron chi connectivity index (χ3n) is 5.49. The number of hydrogen-bond acceptors (Lipinski definition) is 5. The van der Waals surface area contributed by atoms with Crippen LogP contribution < -0.4 is 19.1 Å². The van der Waals surface area contributed by atoms with Crippen LogP contribution in [0.3, 0.4) is 0 Å². The molecule has 1 saturated carbocycles.